The van der Waals surface area contributed by atoms with Crippen molar-refractivity contribution in [2.45, 2.75) is 91.7 Å². The number of carbonyl (C=O) groups is 2. The summed E-state index contributed by atoms with van der Waals surface area (Å²) < 4.78 is 11.5. The molecule has 6 nitrogen and oxygen atoms in total. The van der Waals surface area contributed by atoms with Gasteiger partial charge in [-0.2, -0.15) is 0 Å². The van der Waals surface area contributed by atoms with Crippen LogP contribution in [0.3, 0.4) is 0 Å². The minimum atomic E-state index is -0.692. The second-order valence-electron chi connectivity index (χ2n) is 12.5. The van der Waals surface area contributed by atoms with Gasteiger partial charge in [-0.3, -0.25) is 9.59 Å². The number of carbonyl (C=O) groups excluding carboxylic acids is 2. The van der Waals surface area contributed by atoms with Gasteiger partial charge in [0.1, 0.15) is 11.5 Å². The van der Waals surface area contributed by atoms with Crippen LogP contribution in [0.25, 0.3) is 5.76 Å². The minimum Gasteiger partial charge on any atom is -0.507 e. The average Bonchev–Trinajstić information content (AvgIpc) is 3.10. The van der Waals surface area contributed by atoms with Crippen molar-refractivity contribution < 1.29 is 24.2 Å². The molecule has 3 rings (SSSR count). The van der Waals surface area contributed by atoms with Crippen LogP contribution < -0.4 is 4.74 Å². The second kappa shape index (κ2) is 12.0. The molecule has 39 heavy (non-hydrogen) atoms. The molecule has 2 aromatic carbocycles. The number of nitrogens with zero attached hydrogens (tertiary/aromatic N) is 1. The van der Waals surface area contributed by atoms with E-state index in [0.717, 1.165) is 22.4 Å². The summed E-state index contributed by atoms with van der Waals surface area (Å²) in [5.74, 6) is -0.712. The molecule has 1 amide bonds. The van der Waals surface area contributed by atoms with E-state index in [4.69, 9.17) is 9.47 Å². The number of Topliss-reactive ketones (excluding diaryl/α,β-unsaturated/α-hetero) is 1. The van der Waals surface area contributed by atoms with Gasteiger partial charge >= 0.3 is 0 Å². The summed E-state index contributed by atoms with van der Waals surface area (Å²) in [6.45, 7) is 19.8. The quantitative estimate of drug-likeness (QED) is 0.163. The summed E-state index contributed by atoms with van der Waals surface area (Å²) >= 11 is 0. The predicted octanol–water partition coefficient (Wildman–Crippen LogP) is 6.92. The highest BCUT2D eigenvalue weighted by Crippen LogP contribution is 2.41. The third-order valence-electron chi connectivity index (χ3n) is 6.99. The van der Waals surface area contributed by atoms with Crippen molar-refractivity contribution in [3.63, 3.8) is 0 Å². The number of ether oxygens (including phenoxy) is 2. The number of amides is 1. The van der Waals surface area contributed by atoms with Crippen LogP contribution >= 0.6 is 0 Å². The van der Waals surface area contributed by atoms with Gasteiger partial charge in [-0.05, 0) is 67.3 Å². The van der Waals surface area contributed by atoms with Crippen molar-refractivity contribution in [1.82, 2.24) is 4.90 Å². The Morgan fingerprint density at radius 3 is 2.15 bits per heavy atom. The molecule has 0 saturated carbocycles. The van der Waals surface area contributed by atoms with Gasteiger partial charge in [0.25, 0.3) is 11.7 Å². The molecule has 1 atom stereocenters. The number of benzene rings is 2. The number of ketones is 1. The van der Waals surface area contributed by atoms with E-state index in [1.165, 1.54) is 0 Å². The van der Waals surface area contributed by atoms with Crippen LogP contribution in [0.15, 0.2) is 48.0 Å². The van der Waals surface area contributed by atoms with Crippen LogP contribution in [0.2, 0.25) is 0 Å². The van der Waals surface area contributed by atoms with Crippen molar-refractivity contribution in [2.75, 3.05) is 19.8 Å². The highest BCUT2D eigenvalue weighted by Gasteiger charge is 2.46. The fraction of sp³-hybridized carbons (Fsp3) is 0.515. The van der Waals surface area contributed by atoms with Crippen molar-refractivity contribution in [3.05, 3.63) is 70.3 Å². The lowest BCUT2D eigenvalue weighted by Crippen LogP contribution is -2.31. The Kier molecular flexibility index (Phi) is 9.32. The van der Waals surface area contributed by atoms with E-state index in [-0.39, 0.29) is 28.3 Å². The standard InChI is InChI=1S/C33H45NO5/c1-10-38-26-17-14-23(20-25(26)33(7,8)9)29(35)27-28(22-12-15-24(16-13-22)32(4,5)6)34(31(37)30(27)36)18-11-19-39-21(2)3/h12-17,20-21,28,35H,10-11,18-19H2,1-9H3/b29-27-. The van der Waals surface area contributed by atoms with Crippen molar-refractivity contribution in [3.8, 4) is 5.75 Å². The summed E-state index contributed by atoms with van der Waals surface area (Å²) in [5, 5.41) is 11.6. The van der Waals surface area contributed by atoms with E-state index in [1.807, 2.05) is 57.2 Å². The van der Waals surface area contributed by atoms with E-state index in [9.17, 15) is 14.7 Å². The summed E-state index contributed by atoms with van der Waals surface area (Å²) in [6, 6.07) is 12.7. The average molecular weight is 536 g/mol. The van der Waals surface area contributed by atoms with Gasteiger partial charge in [0.15, 0.2) is 0 Å². The van der Waals surface area contributed by atoms with Gasteiger partial charge in [0, 0.05) is 24.3 Å². The summed E-state index contributed by atoms with van der Waals surface area (Å²) in [6.07, 6.45) is 0.664. The number of likely N-dealkylation sites (tertiary alicyclic amines) is 1. The molecule has 1 heterocycles. The number of hydrogen-bond acceptors (Lipinski definition) is 5. The Morgan fingerprint density at radius 1 is 0.974 bits per heavy atom. The first-order valence-corrected chi connectivity index (χ1v) is 13.9. The molecular weight excluding hydrogens is 490 g/mol. The normalized spacial score (nSPS) is 17.8. The smallest absolute Gasteiger partial charge is 0.295 e. The van der Waals surface area contributed by atoms with Gasteiger partial charge in [0.05, 0.1) is 24.3 Å². The van der Waals surface area contributed by atoms with Gasteiger partial charge in [0.2, 0.25) is 0 Å². The Hall–Kier alpha value is -3.12. The lowest BCUT2D eigenvalue weighted by Gasteiger charge is -2.27. The Morgan fingerprint density at radius 2 is 1.62 bits per heavy atom. The van der Waals surface area contributed by atoms with Crippen molar-refractivity contribution in [1.29, 1.82) is 0 Å². The minimum absolute atomic E-state index is 0.0415. The third kappa shape index (κ3) is 6.91. The van der Waals surface area contributed by atoms with Crippen LogP contribution in [0.1, 0.15) is 97.0 Å². The molecule has 1 fully saturated rings. The van der Waals surface area contributed by atoms with E-state index in [1.54, 1.807) is 11.0 Å². The maximum absolute atomic E-state index is 13.5. The van der Waals surface area contributed by atoms with Crippen LogP contribution in [-0.2, 0) is 25.2 Å². The number of aliphatic hydroxyl groups excluding tert-OH is 1. The Labute approximate surface area is 234 Å². The molecule has 1 N–H and O–H groups in total. The fourth-order valence-electron chi connectivity index (χ4n) is 4.88. The molecule has 6 heteroatoms. The molecular formula is C33H45NO5. The van der Waals surface area contributed by atoms with Gasteiger partial charge in [-0.25, -0.2) is 0 Å². The van der Waals surface area contributed by atoms with Crippen LogP contribution in [0.4, 0.5) is 0 Å². The van der Waals surface area contributed by atoms with Gasteiger partial charge in [-0.1, -0.05) is 65.8 Å². The molecule has 0 aromatic heterocycles. The Balaban J connectivity index is 2.14. The molecule has 1 aliphatic heterocycles. The van der Waals surface area contributed by atoms with Crippen LogP contribution in [-0.4, -0.2) is 47.6 Å². The third-order valence-corrected chi connectivity index (χ3v) is 6.99. The monoisotopic (exact) mass is 535 g/mol. The number of aliphatic hydroxyl groups is 1. The molecule has 0 bridgehead atoms. The zero-order valence-electron chi connectivity index (χ0n) is 25.1. The van der Waals surface area contributed by atoms with E-state index in [2.05, 4.69) is 41.5 Å². The highest BCUT2D eigenvalue weighted by atomic mass is 16.5. The highest BCUT2D eigenvalue weighted by molar-refractivity contribution is 6.46. The van der Waals surface area contributed by atoms with Gasteiger partial charge in [-0.15, -0.1) is 0 Å². The molecule has 2 aromatic rings. The Bertz CT molecular complexity index is 1210. The zero-order valence-corrected chi connectivity index (χ0v) is 25.1. The van der Waals surface area contributed by atoms with E-state index in [0.29, 0.717) is 31.7 Å². The lowest BCUT2D eigenvalue weighted by molar-refractivity contribution is -0.140. The van der Waals surface area contributed by atoms with E-state index < -0.39 is 17.7 Å². The largest absolute Gasteiger partial charge is 0.507 e. The summed E-state index contributed by atoms with van der Waals surface area (Å²) in [5.41, 5.74) is 3.15. The maximum Gasteiger partial charge on any atom is 0.295 e. The summed E-state index contributed by atoms with van der Waals surface area (Å²) in [4.78, 5) is 28.4. The van der Waals surface area contributed by atoms with E-state index >= 15 is 0 Å². The predicted molar refractivity (Wildman–Crippen MR) is 156 cm³/mol. The molecule has 1 saturated heterocycles. The lowest BCUT2D eigenvalue weighted by atomic mass is 9.84. The zero-order chi connectivity index (χ0) is 29.1. The molecule has 0 radical (unpaired) electrons. The van der Waals surface area contributed by atoms with Crippen LogP contribution in [0.5, 0.6) is 5.75 Å². The van der Waals surface area contributed by atoms with Crippen molar-refractivity contribution in [2.24, 2.45) is 0 Å². The van der Waals surface area contributed by atoms with Crippen LogP contribution in [0, 0.1) is 0 Å². The molecule has 1 unspecified atom stereocenters. The first kappa shape index (κ1) is 30.4. The second-order valence-corrected chi connectivity index (χ2v) is 12.5. The number of hydrogen-bond donors (Lipinski definition) is 1. The maximum atomic E-state index is 13.5. The molecule has 212 valence electrons. The molecule has 0 aliphatic carbocycles. The first-order chi connectivity index (χ1) is 18.2. The molecule has 1 aliphatic rings. The summed E-state index contributed by atoms with van der Waals surface area (Å²) in [7, 11) is 0. The first-order valence-electron chi connectivity index (χ1n) is 13.9. The van der Waals surface area contributed by atoms with Gasteiger partial charge < -0.3 is 19.5 Å². The number of rotatable bonds is 9. The van der Waals surface area contributed by atoms with Crippen molar-refractivity contribution >= 4 is 17.4 Å². The fourth-order valence-corrected chi connectivity index (χ4v) is 4.88. The SMILES string of the molecule is CCOc1ccc(/C(O)=C2/C(=O)C(=O)N(CCCOC(C)C)C2c2ccc(C(C)(C)C)cc2)cc1C(C)(C)C. The topological polar surface area (TPSA) is 76.1 Å². The molecule has 0 spiro atoms.